The molecule has 0 radical (unpaired) electrons. The van der Waals surface area contributed by atoms with E-state index in [1.54, 1.807) is 20.8 Å². The van der Waals surface area contributed by atoms with Crippen LogP contribution >= 0.6 is 15.9 Å². The lowest BCUT2D eigenvalue weighted by Gasteiger charge is -2.22. The highest BCUT2D eigenvalue weighted by Gasteiger charge is 2.25. The normalized spacial score (nSPS) is 12.6. The Labute approximate surface area is 124 Å². The Kier molecular flexibility index (Phi) is 4.99. The topological polar surface area (TPSA) is 95.9 Å². The molecular formula is C13H16BrNO5. The van der Waals surface area contributed by atoms with Crippen molar-refractivity contribution in [2.24, 2.45) is 0 Å². The number of phenolic OH excluding ortho intramolecular Hbond substituents is 1. The van der Waals surface area contributed by atoms with Crippen molar-refractivity contribution in [1.82, 2.24) is 5.32 Å². The quantitative estimate of drug-likeness (QED) is 0.782. The van der Waals surface area contributed by atoms with Crippen molar-refractivity contribution in [2.45, 2.75) is 32.4 Å². The number of carboxylic acid groups (broad SMARTS) is 1. The SMILES string of the molecule is CC(C)(C)OC(=O)NC(C(=O)O)c1ccc(O)c(Br)c1. The number of aliphatic carboxylic acids is 1. The third-order valence-corrected chi connectivity index (χ3v) is 2.85. The minimum atomic E-state index is -1.26. The van der Waals surface area contributed by atoms with Gasteiger partial charge in [-0.25, -0.2) is 9.59 Å². The number of phenols is 1. The fourth-order valence-corrected chi connectivity index (χ4v) is 1.81. The minimum absolute atomic E-state index is 0.0184. The first-order chi connectivity index (χ1) is 9.10. The highest BCUT2D eigenvalue weighted by atomic mass is 79.9. The van der Waals surface area contributed by atoms with Crippen LogP contribution in [0.15, 0.2) is 22.7 Å². The van der Waals surface area contributed by atoms with Crippen molar-refractivity contribution in [3.8, 4) is 5.75 Å². The second-order valence-electron chi connectivity index (χ2n) is 5.13. The van der Waals surface area contributed by atoms with Crippen LogP contribution in [0.2, 0.25) is 0 Å². The van der Waals surface area contributed by atoms with Crippen molar-refractivity contribution >= 4 is 28.0 Å². The number of ether oxygens (including phenoxy) is 1. The molecule has 1 atom stereocenters. The first kappa shape index (κ1) is 16.3. The van der Waals surface area contributed by atoms with Crippen molar-refractivity contribution in [3.05, 3.63) is 28.2 Å². The first-order valence-corrected chi connectivity index (χ1v) is 6.60. The van der Waals surface area contributed by atoms with Crippen molar-refractivity contribution in [1.29, 1.82) is 0 Å². The molecule has 0 spiro atoms. The summed E-state index contributed by atoms with van der Waals surface area (Å²) >= 11 is 3.09. The third-order valence-electron chi connectivity index (χ3n) is 2.21. The molecule has 0 heterocycles. The molecule has 110 valence electrons. The monoisotopic (exact) mass is 345 g/mol. The van der Waals surface area contributed by atoms with E-state index in [9.17, 15) is 19.8 Å². The molecule has 0 fully saturated rings. The van der Waals surface area contributed by atoms with E-state index in [4.69, 9.17) is 4.74 Å². The standard InChI is InChI=1S/C13H16BrNO5/c1-13(2,3)20-12(19)15-10(11(17)18)7-4-5-9(16)8(14)6-7/h4-6,10,16H,1-3H3,(H,15,19)(H,17,18). The van der Waals surface area contributed by atoms with Crippen LogP contribution in [0.4, 0.5) is 4.79 Å². The van der Waals surface area contributed by atoms with Crippen LogP contribution in [0.1, 0.15) is 32.4 Å². The van der Waals surface area contributed by atoms with Crippen molar-refractivity contribution in [3.63, 3.8) is 0 Å². The Balaban J connectivity index is 2.92. The van der Waals surface area contributed by atoms with Gasteiger partial charge >= 0.3 is 12.1 Å². The number of carbonyl (C=O) groups excluding carboxylic acids is 1. The fourth-order valence-electron chi connectivity index (χ4n) is 1.42. The maximum Gasteiger partial charge on any atom is 0.408 e. The molecular weight excluding hydrogens is 330 g/mol. The van der Waals surface area contributed by atoms with Gasteiger partial charge in [-0.15, -0.1) is 0 Å². The first-order valence-electron chi connectivity index (χ1n) is 5.81. The molecule has 0 saturated heterocycles. The molecule has 1 aromatic carbocycles. The number of rotatable bonds is 3. The molecule has 3 N–H and O–H groups in total. The number of carboxylic acids is 1. The Bertz CT molecular complexity index is 524. The lowest BCUT2D eigenvalue weighted by Crippen LogP contribution is -2.38. The number of hydrogen-bond donors (Lipinski definition) is 3. The number of benzene rings is 1. The van der Waals surface area contributed by atoms with Crippen molar-refractivity contribution in [2.75, 3.05) is 0 Å². The zero-order valence-electron chi connectivity index (χ0n) is 11.3. The van der Waals surface area contributed by atoms with Gasteiger partial charge in [0.05, 0.1) is 4.47 Å². The van der Waals surface area contributed by atoms with Crippen LogP contribution in [-0.4, -0.2) is 27.9 Å². The largest absolute Gasteiger partial charge is 0.507 e. The third kappa shape index (κ3) is 4.73. The smallest absolute Gasteiger partial charge is 0.408 e. The molecule has 1 amide bonds. The van der Waals surface area contributed by atoms with Crippen LogP contribution < -0.4 is 5.32 Å². The molecule has 0 aliphatic heterocycles. The Morgan fingerprint density at radius 2 is 1.95 bits per heavy atom. The second kappa shape index (κ2) is 6.13. The summed E-state index contributed by atoms with van der Waals surface area (Å²) in [5.74, 6) is -1.25. The molecule has 0 saturated carbocycles. The van der Waals surface area contributed by atoms with Crippen LogP contribution in [-0.2, 0) is 9.53 Å². The number of nitrogens with one attached hydrogen (secondary N) is 1. The second-order valence-corrected chi connectivity index (χ2v) is 5.98. The highest BCUT2D eigenvalue weighted by molar-refractivity contribution is 9.10. The van der Waals surface area contributed by atoms with E-state index in [0.29, 0.717) is 10.0 Å². The number of aromatic hydroxyl groups is 1. The molecule has 20 heavy (non-hydrogen) atoms. The Morgan fingerprint density at radius 1 is 1.35 bits per heavy atom. The summed E-state index contributed by atoms with van der Waals surface area (Å²) in [6.45, 7) is 5.04. The zero-order chi connectivity index (χ0) is 15.5. The maximum atomic E-state index is 11.6. The molecule has 1 rings (SSSR count). The van der Waals surface area contributed by atoms with Gasteiger partial charge in [0.1, 0.15) is 11.4 Å². The molecule has 1 aromatic rings. The van der Waals surface area contributed by atoms with E-state index in [-0.39, 0.29) is 5.75 Å². The van der Waals surface area contributed by atoms with E-state index in [0.717, 1.165) is 0 Å². The number of hydrogen-bond acceptors (Lipinski definition) is 4. The summed E-state index contributed by atoms with van der Waals surface area (Å²) in [6, 6.07) is 2.91. The highest BCUT2D eigenvalue weighted by Crippen LogP contribution is 2.27. The zero-order valence-corrected chi connectivity index (χ0v) is 12.9. The predicted molar refractivity (Wildman–Crippen MR) is 75.6 cm³/mol. The number of carbonyl (C=O) groups is 2. The Hall–Kier alpha value is -1.76. The summed E-state index contributed by atoms with van der Waals surface area (Å²) in [5.41, 5.74) is -0.407. The van der Waals surface area contributed by atoms with Gasteiger partial charge in [-0.1, -0.05) is 6.07 Å². The van der Waals surface area contributed by atoms with Crippen LogP contribution in [0.25, 0.3) is 0 Å². The van der Waals surface area contributed by atoms with Gasteiger partial charge in [0.15, 0.2) is 6.04 Å². The lowest BCUT2D eigenvalue weighted by molar-refractivity contribution is -0.139. The van der Waals surface area contributed by atoms with Crippen LogP contribution in [0.5, 0.6) is 5.75 Å². The average Bonchev–Trinajstić information content (AvgIpc) is 2.27. The van der Waals surface area contributed by atoms with E-state index < -0.39 is 23.7 Å². The number of amides is 1. The molecule has 1 unspecified atom stereocenters. The molecule has 0 aliphatic carbocycles. The summed E-state index contributed by atoms with van der Waals surface area (Å²) in [5, 5.41) is 20.9. The van der Waals surface area contributed by atoms with Gasteiger partial charge in [-0.3, -0.25) is 0 Å². The van der Waals surface area contributed by atoms with Gasteiger partial charge in [-0.2, -0.15) is 0 Å². The van der Waals surface area contributed by atoms with Crippen LogP contribution in [0.3, 0.4) is 0 Å². The molecule has 7 heteroatoms. The van der Waals surface area contributed by atoms with Gasteiger partial charge < -0.3 is 20.3 Å². The van der Waals surface area contributed by atoms with E-state index in [1.807, 2.05) is 0 Å². The summed E-state index contributed by atoms with van der Waals surface area (Å²) < 4.78 is 5.36. The van der Waals surface area contributed by atoms with E-state index in [2.05, 4.69) is 21.2 Å². The Morgan fingerprint density at radius 3 is 2.40 bits per heavy atom. The summed E-state index contributed by atoms with van der Waals surface area (Å²) in [7, 11) is 0. The van der Waals surface area contributed by atoms with E-state index >= 15 is 0 Å². The summed E-state index contributed by atoms with van der Waals surface area (Å²) in [4.78, 5) is 22.9. The number of halogens is 1. The molecule has 6 nitrogen and oxygen atoms in total. The molecule has 0 bridgehead atoms. The van der Waals surface area contributed by atoms with E-state index in [1.165, 1.54) is 18.2 Å². The average molecular weight is 346 g/mol. The van der Waals surface area contributed by atoms with Gasteiger partial charge in [0.2, 0.25) is 0 Å². The molecule has 0 aromatic heterocycles. The van der Waals surface area contributed by atoms with Gasteiger partial charge in [0, 0.05) is 0 Å². The maximum absolute atomic E-state index is 11.6. The lowest BCUT2D eigenvalue weighted by atomic mass is 10.1. The van der Waals surface area contributed by atoms with Crippen LogP contribution in [0, 0.1) is 0 Å². The van der Waals surface area contributed by atoms with Gasteiger partial charge in [-0.05, 0) is 54.4 Å². The predicted octanol–water partition coefficient (Wildman–Crippen LogP) is 2.81. The summed E-state index contributed by atoms with van der Waals surface area (Å²) in [6.07, 6.45) is -0.825. The minimum Gasteiger partial charge on any atom is -0.507 e. The number of alkyl carbamates (subject to hydrolysis) is 1. The van der Waals surface area contributed by atoms with Crippen molar-refractivity contribution < 1.29 is 24.5 Å². The fraction of sp³-hybridized carbons (Fsp3) is 0.385. The molecule has 0 aliphatic rings. The van der Waals surface area contributed by atoms with Gasteiger partial charge in [0.25, 0.3) is 0 Å².